The summed E-state index contributed by atoms with van der Waals surface area (Å²) in [7, 11) is 1.70. The summed E-state index contributed by atoms with van der Waals surface area (Å²) in [5.41, 5.74) is 0.264. The molecule has 1 aromatic carbocycles. The van der Waals surface area contributed by atoms with Gasteiger partial charge in [-0.05, 0) is 50.9 Å². The van der Waals surface area contributed by atoms with Gasteiger partial charge in [0.2, 0.25) is 0 Å². The Hall–Kier alpha value is -1.37. The molecule has 1 saturated carbocycles. The van der Waals surface area contributed by atoms with Crippen molar-refractivity contribution in [3.05, 3.63) is 43.9 Å². The SMILES string of the molecule is CN(C(=O)C(c1ccc(Cl)c(Cl)c1)[N+](=O)[O-])C1CCCCC1N1CCCC1. The predicted octanol–water partition coefficient (Wildman–Crippen LogP) is 4.18. The van der Waals surface area contributed by atoms with Crippen molar-refractivity contribution in [1.29, 1.82) is 0 Å². The van der Waals surface area contributed by atoms with Crippen molar-refractivity contribution in [1.82, 2.24) is 9.80 Å². The minimum atomic E-state index is -1.47. The molecule has 1 amide bonds. The smallest absolute Gasteiger partial charge is 0.315 e. The number of rotatable bonds is 5. The molecule has 0 spiro atoms. The van der Waals surface area contributed by atoms with Gasteiger partial charge in [0.1, 0.15) is 0 Å². The standard InChI is InChI=1S/C19H25Cl2N3O3/c1-22(16-6-2-3-7-17(16)23-10-4-5-11-23)19(25)18(24(26)27)13-8-9-14(20)15(21)12-13/h8-9,12,16-18H,2-7,10-11H2,1H3. The number of likely N-dealkylation sites (N-methyl/N-ethyl adjacent to an activating group) is 1. The number of amides is 1. The van der Waals surface area contributed by atoms with Crippen LogP contribution in [0.25, 0.3) is 0 Å². The Balaban J connectivity index is 1.83. The third-order valence-electron chi connectivity index (χ3n) is 5.85. The summed E-state index contributed by atoms with van der Waals surface area (Å²) in [6.45, 7) is 2.10. The summed E-state index contributed by atoms with van der Waals surface area (Å²) in [6, 6.07) is 3.25. The topological polar surface area (TPSA) is 66.7 Å². The van der Waals surface area contributed by atoms with Crippen molar-refractivity contribution in [3.63, 3.8) is 0 Å². The zero-order valence-corrected chi connectivity index (χ0v) is 17.0. The molecule has 0 bridgehead atoms. The molecule has 1 saturated heterocycles. The molecule has 3 atom stereocenters. The van der Waals surface area contributed by atoms with Gasteiger partial charge in [-0.25, -0.2) is 0 Å². The number of nitro groups is 1. The summed E-state index contributed by atoms with van der Waals surface area (Å²) < 4.78 is 0. The van der Waals surface area contributed by atoms with E-state index >= 15 is 0 Å². The van der Waals surface area contributed by atoms with E-state index in [1.165, 1.54) is 31.0 Å². The van der Waals surface area contributed by atoms with Gasteiger partial charge in [-0.15, -0.1) is 0 Å². The highest BCUT2D eigenvalue weighted by Crippen LogP contribution is 2.32. The average Bonchev–Trinajstić information content (AvgIpc) is 3.18. The lowest BCUT2D eigenvalue weighted by Gasteiger charge is -2.42. The van der Waals surface area contributed by atoms with E-state index in [2.05, 4.69) is 4.90 Å². The number of hydrogen-bond donors (Lipinski definition) is 0. The molecule has 1 heterocycles. The zero-order chi connectivity index (χ0) is 19.6. The molecule has 0 N–H and O–H groups in total. The monoisotopic (exact) mass is 413 g/mol. The van der Waals surface area contributed by atoms with Crippen LogP contribution >= 0.6 is 23.2 Å². The van der Waals surface area contributed by atoms with Crippen LogP contribution in [0.1, 0.15) is 50.1 Å². The molecule has 148 valence electrons. The Morgan fingerprint density at radius 1 is 1.19 bits per heavy atom. The molecule has 6 nitrogen and oxygen atoms in total. The molecule has 3 rings (SSSR count). The maximum atomic E-state index is 13.1. The fourth-order valence-electron chi connectivity index (χ4n) is 4.44. The number of halogens is 2. The van der Waals surface area contributed by atoms with Crippen molar-refractivity contribution in [3.8, 4) is 0 Å². The molecule has 1 aromatic rings. The van der Waals surface area contributed by atoms with Crippen LogP contribution in [0.15, 0.2) is 18.2 Å². The minimum Gasteiger partial charge on any atom is -0.335 e. The average molecular weight is 414 g/mol. The Labute approximate surface area is 169 Å². The molecule has 3 unspecified atom stereocenters. The number of carbonyl (C=O) groups excluding carboxylic acids is 1. The summed E-state index contributed by atoms with van der Waals surface area (Å²) in [4.78, 5) is 28.4. The van der Waals surface area contributed by atoms with Crippen LogP contribution in [0.3, 0.4) is 0 Å². The molecule has 2 aliphatic rings. The Morgan fingerprint density at radius 3 is 2.48 bits per heavy atom. The Kier molecular flexibility index (Phi) is 6.61. The summed E-state index contributed by atoms with van der Waals surface area (Å²) in [5.74, 6) is -0.491. The molecular weight excluding hydrogens is 389 g/mol. The number of carbonyl (C=O) groups is 1. The van der Waals surface area contributed by atoms with Gasteiger partial charge in [-0.3, -0.25) is 19.8 Å². The van der Waals surface area contributed by atoms with Gasteiger partial charge in [-0.2, -0.15) is 0 Å². The third-order valence-corrected chi connectivity index (χ3v) is 6.59. The van der Waals surface area contributed by atoms with E-state index in [-0.39, 0.29) is 22.7 Å². The molecule has 1 aliphatic carbocycles. The van der Waals surface area contributed by atoms with E-state index in [0.717, 1.165) is 38.8 Å². The van der Waals surface area contributed by atoms with Crippen molar-refractivity contribution < 1.29 is 9.72 Å². The van der Waals surface area contributed by atoms with Gasteiger partial charge >= 0.3 is 11.9 Å². The first-order valence-electron chi connectivity index (χ1n) is 9.49. The predicted molar refractivity (Wildman–Crippen MR) is 106 cm³/mol. The van der Waals surface area contributed by atoms with E-state index in [0.29, 0.717) is 5.02 Å². The molecule has 1 aliphatic heterocycles. The van der Waals surface area contributed by atoms with Crippen LogP contribution < -0.4 is 0 Å². The summed E-state index contributed by atoms with van der Waals surface area (Å²) in [6.07, 6.45) is 6.48. The first-order chi connectivity index (χ1) is 12.9. The van der Waals surface area contributed by atoms with Gasteiger partial charge in [0.25, 0.3) is 0 Å². The molecule has 27 heavy (non-hydrogen) atoms. The fraction of sp³-hybridized carbons (Fsp3) is 0.632. The lowest BCUT2D eigenvalue weighted by Crippen LogP contribution is -2.54. The lowest BCUT2D eigenvalue weighted by molar-refractivity contribution is -0.515. The number of hydrogen-bond acceptors (Lipinski definition) is 4. The van der Waals surface area contributed by atoms with Crippen LogP contribution in [0.4, 0.5) is 0 Å². The van der Waals surface area contributed by atoms with Gasteiger partial charge in [-0.1, -0.05) is 42.1 Å². The highest BCUT2D eigenvalue weighted by Gasteiger charge is 2.41. The summed E-state index contributed by atoms with van der Waals surface area (Å²) in [5, 5.41) is 12.3. The maximum absolute atomic E-state index is 13.1. The molecule has 0 radical (unpaired) electrons. The van der Waals surface area contributed by atoms with Crippen LogP contribution in [-0.2, 0) is 4.79 Å². The molecule has 2 fully saturated rings. The van der Waals surface area contributed by atoms with Gasteiger partial charge in [0.05, 0.1) is 10.0 Å². The highest BCUT2D eigenvalue weighted by molar-refractivity contribution is 6.42. The Morgan fingerprint density at radius 2 is 1.85 bits per heavy atom. The normalized spacial score (nSPS) is 24.6. The first-order valence-corrected chi connectivity index (χ1v) is 10.2. The van der Waals surface area contributed by atoms with E-state index in [4.69, 9.17) is 23.2 Å². The summed E-state index contributed by atoms with van der Waals surface area (Å²) >= 11 is 11.9. The van der Waals surface area contributed by atoms with E-state index in [1.807, 2.05) is 0 Å². The lowest BCUT2D eigenvalue weighted by atomic mass is 9.87. The van der Waals surface area contributed by atoms with Crippen LogP contribution in [0.2, 0.25) is 10.0 Å². The quantitative estimate of drug-likeness (QED) is 0.536. The number of benzene rings is 1. The molecular formula is C19H25Cl2N3O3. The third kappa shape index (κ3) is 4.39. The van der Waals surface area contributed by atoms with Crippen LogP contribution in [0, 0.1) is 10.1 Å². The Bertz CT molecular complexity index is 709. The molecule has 0 aromatic heterocycles. The first kappa shape index (κ1) is 20.4. The van der Waals surface area contributed by atoms with Crippen molar-refractivity contribution >= 4 is 29.1 Å². The van der Waals surface area contributed by atoms with Gasteiger partial charge in [0, 0.05) is 29.6 Å². The number of nitrogens with zero attached hydrogens (tertiary/aromatic N) is 3. The second-order valence-electron chi connectivity index (χ2n) is 7.47. The molecule has 8 heteroatoms. The van der Waals surface area contributed by atoms with Gasteiger partial charge in [0.15, 0.2) is 0 Å². The van der Waals surface area contributed by atoms with Crippen LogP contribution in [-0.4, -0.2) is 52.9 Å². The maximum Gasteiger partial charge on any atom is 0.315 e. The largest absolute Gasteiger partial charge is 0.335 e. The van der Waals surface area contributed by atoms with E-state index in [1.54, 1.807) is 11.9 Å². The van der Waals surface area contributed by atoms with E-state index < -0.39 is 16.9 Å². The van der Waals surface area contributed by atoms with Crippen molar-refractivity contribution in [2.75, 3.05) is 20.1 Å². The fourth-order valence-corrected chi connectivity index (χ4v) is 4.74. The number of likely N-dealkylation sites (tertiary alicyclic amines) is 1. The van der Waals surface area contributed by atoms with Crippen molar-refractivity contribution in [2.45, 2.75) is 56.7 Å². The van der Waals surface area contributed by atoms with Crippen LogP contribution in [0.5, 0.6) is 0 Å². The van der Waals surface area contributed by atoms with Gasteiger partial charge < -0.3 is 4.90 Å². The van der Waals surface area contributed by atoms with E-state index in [9.17, 15) is 14.9 Å². The minimum absolute atomic E-state index is 0.00886. The van der Waals surface area contributed by atoms with Crippen molar-refractivity contribution in [2.24, 2.45) is 0 Å². The zero-order valence-electron chi connectivity index (χ0n) is 15.4. The highest BCUT2D eigenvalue weighted by atomic mass is 35.5. The second kappa shape index (κ2) is 8.76. The second-order valence-corrected chi connectivity index (χ2v) is 8.29.